The maximum absolute atomic E-state index is 4.72. The van der Waals surface area contributed by atoms with E-state index in [1.54, 1.807) is 0 Å². The minimum atomic E-state index is 1.07. The standard InChI is InChI=1S/C15H19NS/c1-3-17-15-6-4-5-14(11-15)16-13-9-7-12(2)8-10-13/h7-11H,3-6H2,1-2H3/b16-14+. The van der Waals surface area contributed by atoms with Crippen LogP contribution in [0.4, 0.5) is 5.69 Å². The largest absolute Gasteiger partial charge is 0.253 e. The van der Waals surface area contributed by atoms with Gasteiger partial charge in [0.05, 0.1) is 5.69 Å². The van der Waals surface area contributed by atoms with Crippen LogP contribution in [-0.4, -0.2) is 11.5 Å². The van der Waals surface area contributed by atoms with Crippen molar-refractivity contribution in [3.63, 3.8) is 0 Å². The van der Waals surface area contributed by atoms with E-state index in [-0.39, 0.29) is 0 Å². The van der Waals surface area contributed by atoms with Crippen LogP contribution in [0.1, 0.15) is 31.7 Å². The molecule has 0 fully saturated rings. The van der Waals surface area contributed by atoms with Crippen LogP contribution in [0.2, 0.25) is 0 Å². The first-order valence-electron chi connectivity index (χ1n) is 6.25. The number of rotatable bonds is 3. The van der Waals surface area contributed by atoms with E-state index in [1.165, 1.54) is 29.0 Å². The number of hydrogen-bond donors (Lipinski definition) is 0. The van der Waals surface area contributed by atoms with E-state index in [1.807, 2.05) is 11.8 Å². The van der Waals surface area contributed by atoms with Crippen molar-refractivity contribution in [3.8, 4) is 0 Å². The topological polar surface area (TPSA) is 12.4 Å². The zero-order valence-electron chi connectivity index (χ0n) is 10.6. The van der Waals surface area contributed by atoms with Crippen LogP contribution >= 0.6 is 11.8 Å². The lowest BCUT2D eigenvalue weighted by atomic mass is 10.1. The monoisotopic (exact) mass is 245 g/mol. The van der Waals surface area contributed by atoms with E-state index in [0.717, 1.165) is 17.9 Å². The fourth-order valence-electron chi connectivity index (χ4n) is 1.95. The van der Waals surface area contributed by atoms with Crippen LogP contribution < -0.4 is 0 Å². The number of benzene rings is 1. The van der Waals surface area contributed by atoms with Gasteiger partial charge in [-0.3, -0.25) is 4.99 Å². The fourth-order valence-corrected chi connectivity index (χ4v) is 2.83. The molecule has 0 saturated carbocycles. The van der Waals surface area contributed by atoms with Crippen LogP contribution in [0.15, 0.2) is 40.2 Å². The summed E-state index contributed by atoms with van der Waals surface area (Å²) in [7, 11) is 0. The van der Waals surface area contributed by atoms with Gasteiger partial charge in [-0.1, -0.05) is 24.6 Å². The second-order valence-electron chi connectivity index (χ2n) is 4.34. The Kier molecular flexibility index (Phi) is 4.43. The van der Waals surface area contributed by atoms with E-state index in [9.17, 15) is 0 Å². The second kappa shape index (κ2) is 6.06. The summed E-state index contributed by atoms with van der Waals surface area (Å²) in [6, 6.07) is 8.43. The van der Waals surface area contributed by atoms with Gasteiger partial charge in [-0.15, -0.1) is 11.8 Å². The zero-order chi connectivity index (χ0) is 12.1. The third kappa shape index (κ3) is 3.74. The van der Waals surface area contributed by atoms with Gasteiger partial charge in [-0.05, 0) is 55.1 Å². The molecule has 0 radical (unpaired) electrons. The van der Waals surface area contributed by atoms with Gasteiger partial charge in [0.1, 0.15) is 0 Å². The summed E-state index contributed by atoms with van der Waals surface area (Å²) in [6.45, 7) is 4.31. The fraction of sp³-hybridized carbons (Fsp3) is 0.400. The first-order valence-corrected chi connectivity index (χ1v) is 7.24. The Bertz CT molecular complexity index is 429. The summed E-state index contributed by atoms with van der Waals surface area (Å²) in [5, 5.41) is 0. The van der Waals surface area contributed by atoms with Gasteiger partial charge in [-0.25, -0.2) is 0 Å². The summed E-state index contributed by atoms with van der Waals surface area (Å²) in [6.07, 6.45) is 5.86. The highest BCUT2D eigenvalue weighted by molar-refractivity contribution is 8.03. The number of aliphatic imine (C=N–C) groups is 1. The van der Waals surface area contributed by atoms with Crippen molar-refractivity contribution in [1.29, 1.82) is 0 Å². The van der Waals surface area contributed by atoms with Gasteiger partial charge in [0.2, 0.25) is 0 Å². The Morgan fingerprint density at radius 2 is 1.94 bits per heavy atom. The van der Waals surface area contributed by atoms with Crippen molar-refractivity contribution in [2.75, 3.05) is 5.75 Å². The SMILES string of the molecule is CCSC1=C/C(=N/c2ccc(C)cc2)CCC1. The first kappa shape index (κ1) is 12.4. The smallest absolute Gasteiger partial charge is 0.0633 e. The highest BCUT2D eigenvalue weighted by atomic mass is 32.2. The first-order chi connectivity index (χ1) is 8.28. The Hall–Kier alpha value is -1.02. The molecule has 90 valence electrons. The average molecular weight is 245 g/mol. The molecule has 0 amide bonds. The number of allylic oxidation sites excluding steroid dienone is 2. The molecule has 2 rings (SSSR count). The number of nitrogens with zero attached hydrogens (tertiary/aromatic N) is 1. The Balaban J connectivity index is 2.15. The van der Waals surface area contributed by atoms with E-state index < -0.39 is 0 Å². The lowest BCUT2D eigenvalue weighted by Crippen LogP contribution is -2.01. The summed E-state index contributed by atoms with van der Waals surface area (Å²) in [5.74, 6) is 1.16. The quantitative estimate of drug-likeness (QED) is 0.738. The maximum Gasteiger partial charge on any atom is 0.0633 e. The molecule has 0 unspecified atom stereocenters. The van der Waals surface area contributed by atoms with Crippen LogP contribution in [0.5, 0.6) is 0 Å². The molecule has 1 aromatic rings. The summed E-state index contributed by atoms with van der Waals surface area (Å²) in [4.78, 5) is 6.21. The summed E-state index contributed by atoms with van der Waals surface area (Å²) in [5.41, 5.74) is 3.59. The van der Waals surface area contributed by atoms with Crippen LogP contribution in [-0.2, 0) is 0 Å². The van der Waals surface area contributed by atoms with Crippen molar-refractivity contribution < 1.29 is 0 Å². The second-order valence-corrected chi connectivity index (χ2v) is 5.73. The molecule has 0 spiro atoms. The van der Waals surface area contributed by atoms with Crippen LogP contribution in [0.3, 0.4) is 0 Å². The summed E-state index contributed by atoms with van der Waals surface area (Å²) < 4.78 is 0. The van der Waals surface area contributed by atoms with Crippen LogP contribution in [0.25, 0.3) is 0 Å². The van der Waals surface area contributed by atoms with Crippen molar-refractivity contribution in [2.45, 2.75) is 33.1 Å². The van der Waals surface area contributed by atoms with Crippen LogP contribution in [0, 0.1) is 6.92 Å². The predicted octanol–water partition coefficient (Wildman–Crippen LogP) is 4.89. The Morgan fingerprint density at radius 1 is 1.18 bits per heavy atom. The highest BCUT2D eigenvalue weighted by Gasteiger charge is 2.08. The Morgan fingerprint density at radius 3 is 2.65 bits per heavy atom. The molecule has 0 aliphatic heterocycles. The molecule has 1 nitrogen and oxygen atoms in total. The van der Waals surface area contributed by atoms with E-state index >= 15 is 0 Å². The molecule has 0 heterocycles. The molecule has 0 aromatic heterocycles. The van der Waals surface area contributed by atoms with Gasteiger partial charge in [-0.2, -0.15) is 0 Å². The van der Waals surface area contributed by atoms with Gasteiger partial charge in [0.25, 0.3) is 0 Å². The lowest BCUT2D eigenvalue weighted by molar-refractivity contribution is 0.869. The molecule has 1 aliphatic carbocycles. The predicted molar refractivity (Wildman–Crippen MR) is 78.3 cm³/mol. The van der Waals surface area contributed by atoms with Crippen molar-refractivity contribution in [2.24, 2.45) is 4.99 Å². The molecule has 1 aliphatic rings. The molecular weight excluding hydrogens is 226 g/mol. The molecule has 0 bridgehead atoms. The molecule has 17 heavy (non-hydrogen) atoms. The third-order valence-electron chi connectivity index (χ3n) is 2.82. The average Bonchev–Trinajstić information content (AvgIpc) is 2.33. The Labute approximate surface area is 108 Å². The van der Waals surface area contributed by atoms with Crippen molar-refractivity contribution >= 4 is 23.2 Å². The van der Waals surface area contributed by atoms with Gasteiger partial charge in [0, 0.05) is 5.71 Å². The van der Waals surface area contributed by atoms with Gasteiger partial charge in [0.15, 0.2) is 0 Å². The third-order valence-corrected chi connectivity index (χ3v) is 3.80. The molecule has 0 atom stereocenters. The molecule has 1 aromatic carbocycles. The molecule has 0 N–H and O–H groups in total. The molecular formula is C15H19NS. The minimum Gasteiger partial charge on any atom is -0.253 e. The number of thioether (sulfide) groups is 1. The highest BCUT2D eigenvalue weighted by Crippen LogP contribution is 2.27. The normalized spacial score (nSPS) is 18.2. The van der Waals surface area contributed by atoms with E-state index in [2.05, 4.69) is 44.2 Å². The maximum atomic E-state index is 4.72. The van der Waals surface area contributed by atoms with Crippen molar-refractivity contribution in [3.05, 3.63) is 40.8 Å². The van der Waals surface area contributed by atoms with E-state index in [4.69, 9.17) is 4.99 Å². The molecule has 2 heteroatoms. The zero-order valence-corrected chi connectivity index (χ0v) is 11.4. The molecule has 0 saturated heterocycles. The van der Waals surface area contributed by atoms with Gasteiger partial charge < -0.3 is 0 Å². The number of hydrogen-bond acceptors (Lipinski definition) is 2. The van der Waals surface area contributed by atoms with Crippen molar-refractivity contribution in [1.82, 2.24) is 0 Å². The lowest BCUT2D eigenvalue weighted by Gasteiger charge is -2.13. The van der Waals surface area contributed by atoms with Gasteiger partial charge >= 0.3 is 0 Å². The number of aryl methyl sites for hydroxylation is 1. The van der Waals surface area contributed by atoms with E-state index in [0.29, 0.717) is 0 Å². The summed E-state index contributed by atoms with van der Waals surface area (Å²) >= 11 is 1.95. The minimum absolute atomic E-state index is 1.07.